The van der Waals surface area contributed by atoms with Crippen LogP contribution in [0.5, 0.6) is 5.75 Å². The second kappa shape index (κ2) is 8.42. The Balaban J connectivity index is 1.62. The highest BCUT2D eigenvalue weighted by Gasteiger charge is 2.46. The Bertz CT molecular complexity index is 1140. The third kappa shape index (κ3) is 4.17. The van der Waals surface area contributed by atoms with Gasteiger partial charge in [-0.15, -0.1) is 0 Å². The summed E-state index contributed by atoms with van der Waals surface area (Å²) in [5, 5.41) is 2.60. The third-order valence-corrected chi connectivity index (χ3v) is 6.42. The molecule has 2 fully saturated rings. The molecule has 0 spiro atoms. The summed E-state index contributed by atoms with van der Waals surface area (Å²) in [6.45, 7) is 5.86. The van der Waals surface area contributed by atoms with Crippen LogP contribution >= 0.6 is 27.5 Å². The first kappa shape index (κ1) is 23.2. The van der Waals surface area contributed by atoms with Crippen LogP contribution in [-0.2, 0) is 4.74 Å². The minimum absolute atomic E-state index is 0.00202. The Kier molecular flexibility index (Phi) is 6.10. The van der Waals surface area contributed by atoms with E-state index in [1.54, 1.807) is 25.7 Å². The summed E-state index contributed by atoms with van der Waals surface area (Å²) in [5.74, 6) is -2.55. The molecular weight excluding hydrogens is 514 g/mol. The Labute approximate surface area is 195 Å². The number of benzene rings is 1. The number of nitrogens with zero attached hydrogens (tertiary/aromatic N) is 2. The first-order valence-corrected chi connectivity index (χ1v) is 11.3. The lowest BCUT2D eigenvalue weighted by molar-refractivity contribution is 0.00114. The maximum Gasteiger partial charge on any atom is 0.410 e. The molecule has 2 bridgehead atoms. The van der Waals surface area contributed by atoms with Crippen molar-refractivity contribution >= 4 is 44.5 Å². The number of hydrogen-bond acceptors (Lipinski definition) is 6. The van der Waals surface area contributed by atoms with Crippen LogP contribution in [0, 0.1) is 11.6 Å². The molecule has 8 nitrogen and oxygen atoms in total. The van der Waals surface area contributed by atoms with E-state index in [0.29, 0.717) is 6.54 Å². The predicted octanol–water partition coefficient (Wildman–Crippen LogP) is 3.74. The summed E-state index contributed by atoms with van der Waals surface area (Å²) in [5.41, 5.74) is -1.87. The van der Waals surface area contributed by atoms with E-state index in [1.807, 2.05) is 0 Å². The molecule has 3 heterocycles. The van der Waals surface area contributed by atoms with E-state index in [1.165, 1.54) is 0 Å². The average Bonchev–Trinajstić information content (AvgIpc) is 3.01. The summed E-state index contributed by atoms with van der Waals surface area (Å²) in [4.78, 5) is 32.8. The van der Waals surface area contributed by atoms with Crippen LogP contribution in [-0.4, -0.2) is 57.8 Å². The number of nitrogens with one attached hydrogen (secondary N) is 2. The average molecular weight is 536 g/mol. The highest BCUT2D eigenvalue weighted by Crippen LogP contribution is 2.36. The lowest BCUT2D eigenvalue weighted by Gasteiger charge is -2.41. The van der Waals surface area contributed by atoms with Crippen molar-refractivity contribution in [2.24, 2.45) is 0 Å². The smallest absolute Gasteiger partial charge is 0.410 e. The maximum atomic E-state index is 14.9. The van der Waals surface area contributed by atoms with Crippen molar-refractivity contribution in [2.45, 2.75) is 57.3 Å². The molecule has 0 aliphatic carbocycles. The molecule has 0 unspecified atom stereocenters. The van der Waals surface area contributed by atoms with Crippen molar-refractivity contribution in [1.29, 1.82) is 0 Å². The Morgan fingerprint density at radius 3 is 2.72 bits per heavy atom. The van der Waals surface area contributed by atoms with Gasteiger partial charge in [0, 0.05) is 12.6 Å². The van der Waals surface area contributed by atoms with Gasteiger partial charge in [0.25, 0.3) is 5.56 Å². The number of aromatic nitrogens is 2. The molecule has 12 heteroatoms. The summed E-state index contributed by atoms with van der Waals surface area (Å²) < 4.78 is 40.1. The van der Waals surface area contributed by atoms with E-state index in [0.717, 1.165) is 12.8 Å². The molecule has 32 heavy (non-hydrogen) atoms. The molecule has 0 saturated carbocycles. The number of carbonyl (C=O) groups excluding carboxylic acids is 1. The monoisotopic (exact) mass is 534 g/mol. The number of rotatable bonds is 3. The minimum Gasteiger partial charge on any atom is -0.488 e. The Morgan fingerprint density at radius 2 is 2.03 bits per heavy atom. The molecule has 2 saturated heterocycles. The number of carbonyl (C=O) groups is 1. The lowest BCUT2D eigenvalue weighted by Crippen LogP contribution is -2.61. The second-order valence-corrected chi connectivity index (χ2v) is 10.0. The van der Waals surface area contributed by atoms with Gasteiger partial charge in [-0.25, -0.2) is 18.6 Å². The molecule has 2 aliphatic rings. The molecule has 2 aromatic rings. The van der Waals surface area contributed by atoms with Gasteiger partial charge in [0.2, 0.25) is 5.28 Å². The number of halogens is 4. The van der Waals surface area contributed by atoms with Crippen molar-refractivity contribution in [2.75, 3.05) is 13.2 Å². The van der Waals surface area contributed by atoms with Crippen LogP contribution < -0.4 is 15.6 Å². The standard InChI is InChI=1S/C20H22BrClF2N4O4/c1-20(2,3)32-19(30)28-8-4-5-10(28)9(25-6-8)7-31-16-11-15(13(23)12(21)14(16)24)26-18(22)27-17(11)29/h8-10,25H,4-7H2,1-3H3,(H,26,27,29)/t8-,9-,10+/m1/s1. The van der Waals surface area contributed by atoms with Gasteiger partial charge in [-0.3, -0.25) is 14.7 Å². The van der Waals surface area contributed by atoms with Crippen LogP contribution in [0.25, 0.3) is 10.9 Å². The number of H-pyrrole nitrogens is 1. The van der Waals surface area contributed by atoms with E-state index >= 15 is 0 Å². The van der Waals surface area contributed by atoms with Crippen molar-refractivity contribution in [3.05, 3.63) is 31.7 Å². The molecule has 0 radical (unpaired) electrons. The van der Waals surface area contributed by atoms with Gasteiger partial charge < -0.3 is 14.8 Å². The van der Waals surface area contributed by atoms with E-state index in [9.17, 15) is 18.4 Å². The van der Waals surface area contributed by atoms with Gasteiger partial charge in [0.15, 0.2) is 17.4 Å². The fraction of sp³-hybridized carbons (Fsp3) is 0.550. The normalized spacial score (nSPS) is 23.0. The number of aromatic amines is 1. The predicted molar refractivity (Wildman–Crippen MR) is 117 cm³/mol. The van der Waals surface area contributed by atoms with Gasteiger partial charge in [-0.1, -0.05) is 0 Å². The molecule has 4 rings (SSSR count). The third-order valence-electron chi connectivity index (χ3n) is 5.55. The van der Waals surface area contributed by atoms with Gasteiger partial charge >= 0.3 is 6.09 Å². The molecule has 174 valence electrons. The van der Waals surface area contributed by atoms with Crippen molar-refractivity contribution in [1.82, 2.24) is 20.2 Å². The van der Waals surface area contributed by atoms with Crippen LogP contribution in [0.1, 0.15) is 33.6 Å². The largest absolute Gasteiger partial charge is 0.488 e. The number of fused-ring (bicyclic) bond motifs is 3. The first-order valence-electron chi connectivity index (χ1n) is 10.1. The van der Waals surface area contributed by atoms with Crippen LogP contribution in [0.15, 0.2) is 9.27 Å². The second-order valence-electron chi connectivity index (χ2n) is 8.86. The maximum absolute atomic E-state index is 14.9. The van der Waals surface area contributed by atoms with E-state index in [-0.39, 0.29) is 35.4 Å². The molecule has 1 aromatic carbocycles. The lowest BCUT2D eigenvalue weighted by atomic mass is 10.1. The van der Waals surface area contributed by atoms with Crippen LogP contribution in [0.4, 0.5) is 13.6 Å². The molecule has 3 atom stereocenters. The molecule has 1 aromatic heterocycles. The van der Waals surface area contributed by atoms with Gasteiger partial charge in [-0.05, 0) is 61.1 Å². The summed E-state index contributed by atoms with van der Waals surface area (Å²) in [6, 6.07) is -0.579. The molecule has 1 amide bonds. The number of piperazine rings is 1. The SMILES string of the molecule is CC(C)(C)OC(=O)N1[C@@H]2CC[C@H]1[C@@H](COc1c(F)c(Br)c(F)c3nc(Cl)[nH]c(=O)c13)NC2. The van der Waals surface area contributed by atoms with Gasteiger partial charge in [-0.2, -0.15) is 0 Å². The van der Waals surface area contributed by atoms with Gasteiger partial charge in [0.1, 0.15) is 23.1 Å². The van der Waals surface area contributed by atoms with E-state index < -0.39 is 44.6 Å². The van der Waals surface area contributed by atoms with Crippen molar-refractivity contribution < 1.29 is 23.0 Å². The zero-order valence-corrected chi connectivity index (χ0v) is 19.9. The fourth-order valence-corrected chi connectivity index (χ4v) is 4.77. The van der Waals surface area contributed by atoms with Crippen molar-refractivity contribution in [3.8, 4) is 5.75 Å². The highest BCUT2D eigenvalue weighted by atomic mass is 79.9. The Hall–Kier alpha value is -1.98. The van der Waals surface area contributed by atoms with Gasteiger partial charge in [0.05, 0.1) is 16.6 Å². The zero-order valence-electron chi connectivity index (χ0n) is 17.6. The summed E-state index contributed by atoms with van der Waals surface area (Å²) in [6.07, 6.45) is 1.11. The summed E-state index contributed by atoms with van der Waals surface area (Å²) in [7, 11) is 0. The quantitative estimate of drug-likeness (QED) is 0.459. The highest BCUT2D eigenvalue weighted by molar-refractivity contribution is 9.10. The molecule has 2 N–H and O–H groups in total. The topological polar surface area (TPSA) is 96.5 Å². The van der Waals surface area contributed by atoms with Crippen LogP contribution in [0.3, 0.4) is 0 Å². The number of hydrogen-bond donors (Lipinski definition) is 2. The molecular formula is C20H22BrClF2N4O4. The van der Waals surface area contributed by atoms with E-state index in [2.05, 4.69) is 31.2 Å². The van der Waals surface area contributed by atoms with Crippen LogP contribution in [0.2, 0.25) is 5.28 Å². The Morgan fingerprint density at radius 1 is 1.31 bits per heavy atom. The summed E-state index contributed by atoms with van der Waals surface area (Å²) >= 11 is 8.58. The van der Waals surface area contributed by atoms with E-state index in [4.69, 9.17) is 21.1 Å². The number of ether oxygens (including phenoxy) is 2. The zero-order chi connectivity index (χ0) is 23.4. The fourth-order valence-electron chi connectivity index (χ4n) is 4.23. The first-order chi connectivity index (χ1) is 15.0. The van der Waals surface area contributed by atoms with Crippen molar-refractivity contribution in [3.63, 3.8) is 0 Å². The minimum atomic E-state index is -1.06. The molecule has 2 aliphatic heterocycles. The number of amides is 1.